The minimum absolute atomic E-state index is 0.0809. The number of hydrogen-bond donors (Lipinski definition) is 4. The Bertz CT molecular complexity index is 1540. The number of hydrogen-bond acceptors (Lipinski definition) is 7. The minimum atomic E-state index is -5.14. The number of aromatic nitrogens is 1. The van der Waals surface area contributed by atoms with E-state index in [0.29, 0.717) is 30.0 Å². The van der Waals surface area contributed by atoms with Crippen molar-refractivity contribution in [1.29, 1.82) is 0 Å². The summed E-state index contributed by atoms with van der Waals surface area (Å²) in [4.78, 5) is 62.6. The molecule has 1 aromatic heterocycles. The lowest BCUT2D eigenvalue weighted by atomic mass is 10.0. The van der Waals surface area contributed by atoms with Crippen molar-refractivity contribution in [2.24, 2.45) is 0 Å². The van der Waals surface area contributed by atoms with Gasteiger partial charge < -0.3 is 20.7 Å². The molecule has 4 N–H and O–H groups in total. The van der Waals surface area contributed by atoms with Crippen LogP contribution in [0.4, 0.5) is 26.3 Å². The molecule has 1 aliphatic rings. The number of amides is 3. The van der Waals surface area contributed by atoms with Gasteiger partial charge in [-0.3, -0.25) is 28.9 Å². The maximum absolute atomic E-state index is 13.3. The molecule has 19 heteroatoms. The summed E-state index contributed by atoms with van der Waals surface area (Å²) in [5.41, 5.74) is -5.68. The number of alkyl halides is 6. The summed E-state index contributed by atoms with van der Waals surface area (Å²) in [6.07, 6.45) is -9.30. The van der Waals surface area contributed by atoms with Crippen LogP contribution in [0.3, 0.4) is 0 Å². The first-order valence-electron chi connectivity index (χ1n) is 11.1. The molecule has 0 spiro atoms. The molecule has 1 aromatic carbocycles. The van der Waals surface area contributed by atoms with Crippen molar-refractivity contribution in [3.8, 4) is 11.3 Å². The first kappa shape index (κ1) is 32.6. The van der Waals surface area contributed by atoms with Crippen LogP contribution in [0.2, 0.25) is 5.02 Å². The fourth-order valence-corrected chi connectivity index (χ4v) is 4.70. The number of rotatable bonds is 8. The van der Waals surface area contributed by atoms with E-state index in [1.165, 1.54) is 0 Å². The standard InChI is InChI=1S/C23H15ClF6N4O6S2/c24-19-13(5-15-20(40)34(21(41)42-15)8-17(37)31-6-16(36)32-7-18(38)39)33-12(4-14(19)35)9-1-10(22(25,26)27)3-11(2-9)23(28,29)30/h1-5H,6-8H2,(H,31,37)(H,32,36)(H,33,35)(H,38,39)/b15-5-. The van der Waals surface area contributed by atoms with E-state index in [9.17, 15) is 50.3 Å². The number of carboxylic acid groups (broad SMARTS) is 1. The summed E-state index contributed by atoms with van der Waals surface area (Å²) >= 11 is 11.7. The first-order chi connectivity index (χ1) is 19.4. The predicted molar refractivity (Wildman–Crippen MR) is 141 cm³/mol. The molecule has 0 atom stereocenters. The lowest BCUT2D eigenvalue weighted by Gasteiger charge is -2.15. The smallest absolute Gasteiger partial charge is 0.416 e. The van der Waals surface area contributed by atoms with Gasteiger partial charge in [-0.1, -0.05) is 35.6 Å². The zero-order chi connectivity index (χ0) is 31.6. The molecule has 0 unspecified atom stereocenters. The fraction of sp³-hybridized carbons (Fsp3) is 0.217. The number of aliphatic carboxylic acids is 1. The monoisotopic (exact) mass is 656 g/mol. The molecule has 0 saturated carbocycles. The van der Waals surface area contributed by atoms with E-state index < -0.39 is 88.5 Å². The third-order valence-corrected chi connectivity index (χ3v) is 7.00. The summed E-state index contributed by atoms with van der Waals surface area (Å²) < 4.78 is 79.7. The molecule has 3 amide bonds. The number of nitrogens with zero attached hydrogens (tertiary/aromatic N) is 1. The first-order valence-corrected chi connectivity index (χ1v) is 12.7. The van der Waals surface area contributed by atoms with E-state index in [0.717, 1.165) is 11.0 Å². The molecule has 0 radical (unpaired) electrons. The van der Waals surface area contributed by atoms with Gasteiger partial charge in [0.25, 0.3) is 5.91 Å². The highest BCUT2D eigenvalue weighted by molar-refractivity contribution is 8.26. The van der Waals surface area contributed by atoms with Crippen molar-refractivity contribution >= 4 is 69.7 Å². The maximum Gasteiger partial charge on any atom is 0.416 e. The molecular weight excluding hydrogens is 642 g/mol. The lowest BCUT2D eigenvalue weighted by molar-refractivity contribution is -0.143. The zero-order valence-electron chi connectivity index (χ0n) is 20.4. The van der Waals surface area contributed by atoms with Crippen LogP contribution in [0, 0.1) is 0 Å². The second kappa shape index (κ2) is 12.5. The Morgan fingerprint density at radius 3 is 2.10 bits per heavy atom. The molecule has 1 saturated heterocycles. The Balaban J connectivity index is 1.89. The SMILES string of the molecule is O=C(O)CNC(=O)CNC(=O)CN1C(=O)/C(=C/c2[nH]c(-c3cc(C(F)(F)F)cc(C(F)(F)F)c3)cc(=O)c2Cl)SC1=S. The molecule has 1 fully saturated rings. The number of halogens is 7. The molecule has 42 heavy (non-hydrogen) atoms. The van der Waals surface area contributed by atoms with Crippen LogP contribution in [0.15, 0.2) is 34.0 Å². The topological polar surface area (TPSA) is 149 Å². The normalized spacial score (nSPS) is 14.8. The second-order valence-electron chi connectivity index (χ2n) is 8.28. The number of benzene rings is 1. The number of pyridine rings is 1. The van der Waals surface area contributed by atoms with E-state index in [1.54, 1.807) is 0 Å². The number of nitrogens with one attached hydrogen (secondary N) is 3. The van der Waals surface area contributed by atoms with Gasteiger partial charge in [-0.2, -0.15) is 26.3 Å². The Morgan fingerprint density at radius 1 is 0.976 bits per heavy atom. The summed E-state index contributed by atoms with van der Waals surface area (Å²) in [5, 5.41) is 12.1. The number of carbonyl (C=O) groups is 4. The van der Waals surface area contributed by atoms with Crippen molar-refractivity contribution < 1.29 is 50.6 Å². The van der Waals surface area contributed by atoms with Crippen LogP contribution in [0.1, 0.15) is 16.8 Å². The molecule has 2 aromatic rings. The largest absolute Gasteiger partial charge is 0.480 e. The summed E-state index contributed by atoms with van der Waals surface area (Å²) in [7, 11) is 0. The number of thioether (sulfide) groups is 1. The molecule has 224 valence electrons. The van der Waals surface area contributed by atoms with E-state index >= 15 is 0 Å². The van der Waals surface area contributed by atoms with Gasteiger partial charge in [-0.05, 0) is 29.8 Å². The van der Waals surface area contributed by atoms with Gasteiger partial charge in [0, 0.05) is 11.8 Å². The average molecular weight is 657 g/mol. The predicted octanol–water partition coefficient (Wildman–Crippen LogP) is 3.25. The molecule has 1 aliphatic heterocycles. The highest BCUT2D eigenvalue weighted by Gasteiger charge is 2.37. The fourth-order valence-electron chi connectivity index (χ4n) is 3.31. The third-order valence-electron chi connectivity index (χ3n) is 5.23. The summed E-state index contributed by atoms with van der Waals surface area (Å²) in [6.45, 7) is -1.95. The highest BCUT2D eigenvalue weighted by Crippen LogP contribution is 2.39. The number of thiocarbonyl (C=S) groups is 1. The molecule has 2 heterocycles. The number of aromatic amines is 1. The summed E-state index contributed by atoms with van der Waals surface area (Å²) in [6, 6.07) is 1.41. The van der Waals surface area contributed by atoms with Gasteiger partial charge in [-0.15, -0.1) is 0 Å². The average Bonchev–Trinajstić information content (AvgIpc) is 3.14. The molecule has 0 aliphatic carbocycles. The van der Waals surface area contributed by atoms with E-state index in [-0.39, 0.29) is 21.0 Å². The van der Waals surface area contributed by atoms with Gasteiger partial charge in [0.1, 0.15) is 22.4 Å². The van der Waals surface area contributed by atoms with Crippen molar-refractivity contribution in [3.05, 3.63) is 61.2 Å². The van der Waals surface area contributed by atoms with Crippen LogP contribution in [-0.2, 0) is 31.5 Å². The van der Waals surface area contributed by atoms with Crippen LogP contribution in [-0.4, -0.2) is 62.6 Å². The Labute approximate surface area is 245 Å². The molecular formula is C23H15ClF6N4O6S2. The Hall–Kier alpha value is -3.90. The summed E-state index contributed by atoms with van der Waals surface area (Å²) in [5.74, 6) is -3.85. The van der Waals surface area contributed by atoms with Gasteiger partial charge in [0.15, 0.2) is 0 Å². The van der Waals surface area contributed by atoms with Crippen LogP contribution in [0.5, 0.6) is 0 Å². The maximum atomic E-state index is 13.3. The van der Waals surface area contributed by atoms with Gasteiger partial charge in [0.2, 0.25) is 17.2 Å². The molecule has 3 rings (SSSR count). The van der Waals surface area contributed by atoms with Crippen LogP contribution < -0.4 is 16.1 Å². The van der Waals surface area contributed by atoms with Crippen molar-refractivity contribution in [3.63, 3.8) is 0 Å². The lowest BCUT2D eigenvalue weighted by Crippen LogP contribution is -2.44. The highest BCUT2D eigenvalue weighted by atomic mass is 35.5. The molecule has 0 bridgehead atoms. The molecule has 10 nitrogen and oxygen atoms in total. The Morgan fingerprint density at radius 2 is 1.55 bits per heavy atom. The number of carbonyl (C=O) groups excluding carboxylic acids is 3. The van der Waals surface area contributed by atoms with Crippen molar-refractivity contribution in [1.82, 2.24) is 20.5 Å². The van der Waals surface area contributed by atoms with Gasteiger partial charge in [0.05, 0.1) is 28.3 Å². The van der Waals surface area contributed by atoms with Crippen molar-refractivity contribution in [2.75, 3.05) is 19.6 Å². The van der Waals surface area contributed by atoms with Crippen LogP contribution in [0.25, 0.3) is 17.3 Å². The van der Waals surface area contributed by atoms with Crippen molar-refractivity contribution in [2.45, 2.75) is 12.4 Å². The Kier molecular flexibility index (Phi) is 9.74. The third kappa shape index (κ3) is 8.10. The number of H-pyrrole nitrogens is 1. The zero-order valence-corrected chi connectivity index (χ0v) is 22.8. The van der Waals surface area contributed by atoms with Gasteiger partial charge >= 0.3 is 18.3 Å². The number of carboxylic acids is 1. The van der Waals surface area contributed by atoms with E-state index in [4.69, 9.17) is 28.9 Å². The van der Waals surface area contributed by atoms with E-state index in [1.807, 2.05) is 5.32 Å². The quantitative estimate of drug-likeness (QED) is 0.192. The van der Waals surface area contributed by atoms with Crippen LogP contribution >= 0.6 is 35.6 Å². The minimum Gasteiger partial charge on any atom is -0.480 e. The van der Waals surface area contributed by atoms with E-state index in [2.05, 4.69) is 10.3 Å². The van der Waals surface area contributed by atoms with Gasteiger partial charge in [-0.25, -0.2) is 0 Å². The second-order valence-corrected chi connectivity index (χ2v) is 10.3.